The molecule has 3 aromatic rings. The van der Waals surface area contributed by atoms with Gasteiger partial charge in [0.25, 0.3) is 5.91 Å². The Balaban J connectivity index is 1.55. The van der Waals surface area contributed by atoms with Crippen LogP contribution in [0, 0.1) is 6.92 Å². The van der Waals surface area contributed by atoms with E-state index in [0.717, 1.165) is 22.6 Å². The summed E-state index contributed by atoms with van der Waals surface area (Å²) in [7, 11) is 0. The highest BCUT2D eigenvalue weighted by atomic mass is 32.1. The van der Waals surface area contributed by atoms with E-state index in [9.17, 15) is 4.79 Å². The molecule has 1 atom stereocenters. The second-order valence-electron chi connectivity index (χ2n) is 5.95. The van der Waals surface area contributed by atoms with Crippen molar-refractivity contribution in [2.45, 2.75) is 13.0 Å². The molecule has 1 saturated heterocycles. The van der Waals surface area contributed by atoms with E-state index in [4.69, 9.17) is 4.74 Å². The third-order valence-corrected chi connectivity index (χ3v) is 5.17. The van der Waals surface area contributed by atoms with Crippen LogP contribution in [-0.2, 0) is 4.74 Å². The van der Waals surface area contributed by atoms with E-state index in [1.165, 1.54) is 17.7 Å². The van der Waals surface area contributed by atoms with Crippen molar-refractivity contribution >= 4 is 17.2 Å². The first kappa shape index (κ1) is 16.7. The highest BCUT2D eigenvalue weighted by Crippen LogP contribution is 2.25. The number of morpholine rings is 1. The van der Waals surface area contributed by atoms with Gasteiger partial charge in [-0.1, -0.05) is 6.07 Å². The summed E-state index contributed by atoms with van der Waals surface area (Å²) in [6.07, 6.45) is 4.68. The molecule has 0 aliphatic carbocycles. The summed E-state index contributed by atoms with van der Waals surface area (Å²) in [5.74, 6) is 0.00548. The Labute approximate surface area is 154 Å². The van der Waals surface area contributed by atoms with Crippen molar-refractivity contribution < 1.29 is 9.53 Å². The Bertz CT molecular complexity index is 915. The van der Waals surface area contributed by atoms with Gasteiger partial charge in [-0.2, -0.15) is 0 Å². The molecule has 4 heterocycles. The van der Waals surface area contributed by atoms with E-state index in [0.29, 0.717) is 24.6 Å². The molecule has 0 saturated carbocycles. The average Bonchev–Trinajstić information content (AvgIpc) is 3.14. The van der Waals surface area contributed by atoms with Gasteiger partial charge < -0.3 is 9.64 Å². The predicted molar refractivity (Wildman–Crippen MR) is 96.7 cm³/mol. The number of hydrogen-bond acceptors (Lipinski definition) is 7. The van der Waals surface area contributed by atoms with Crippen molar-refractivity contribution in [2.24, 2.45) is 0 Å². The van der Waals surface area contributed by atoms with Gasteiger partial charge in [0.2, 0.25) is 0 Å². The summed E-state index contributed by atoms with van der Waals surface area (Å²) >= 11 is 1.38. The number of hydrogen-bond donors (Lipinski definition) is 0. The number of carbonyl (C=O) groups is 1. The van der Waals surface area contributed by atoms with E-state index in [1.807, 2.05) is 30.0 Å². The predicted octanol–water partition coefficient (Wildman–Crippen LogP) is 2.52. The molecule has 0 N–H and O–H groups in total. The maximum Gasteiger partial charge on any atom is 0.266 e. The Morgan fingerprint density at radius 1 is 1.31 bits per heavy atom. The lowest BCUT2D eigenvalue weighted by molar-refractivity contribution is -0.0245. The molecule has 1 fully saturated rings. The van der Waals surface area contributed by atoms with Gasteiger partial charge in [-0.05, 0) is 19.1 Å². The number of pyridine rings is 1. The van der Waals surface area contributed by atoms with Gasteiger partial charge in [0.15, 0.2) is 0 Å². The quantitative estimate of drug-likeness (QED) is 0.708. The zero-order chi connectivity index (χ0) is 17.9. The van der Waals surface area contributed by atoms with E-state index in [-0.39, 0.29) is 12.0 Å². The molecule has 1 amide bonds. The molecule has 26 heavy (non-hydrogen) atoms. The standard InChI is InChI=1S/C18H17N5O2S/c1-12-17(26-11-21-12)18(24)23-5-6-25-16(9-23)15-4-2-3-14(22-15)13-7-19-10-20-8-13/h2-4,7-8,10-11,16H,5-6,9H2,1H3. The largest absolute Gasteiger partial charge is 0.368 e. The molecular weight excluding hydrogens is 350 g/mol. The van der Waals surface area contributed by atoms with Crippen LogP contribution in [0.25, 0.3) is 11.3 Å². The molecule has 4 rings (SSSR count). The molecule has 1 unspecified atom stereocenters. The number of carbonyl (C=O) groups excluding carboxylic acids is 1. The molecule has 0 bridgehead atoms. The Kier molecular flexibility index (Phi) is 4.68. The van der Waals surface area contributed by atoms with Gasteiger partial charge in [-0.3, -0.25) is 4.79 Å². The minimum absolute atomic E-state index is 0.00548. The first-order valence-electron chi connectivity index (χ1n) is 8.25. The normalized spacial score (nSPS) is 17.3. The number of ether oxygens (including phenoxy) is 1. The first-order chi connectivity index (χ1) is 12.7. The summed E-state index contributed by atoms with van der Waals surface area (Å²) < 4.78 is 5.88. The van der Waals surface area contributed by atoms with Crippen molar-refractivity contribution in [1.29, 1.82) is 0 Å². The second-order valence-corrected chi connectivity index (χ2v) is 6.81. The maximum absolute atomic E-state index is 12.8. The minimum Gasteiger partial charge on any atom is -0.368 e. The van der Waals surface area contributed by atoms with Crippen molar-refractivity contribution in [1.82, 2.24) is 24.8 Å². The van der Waals surface area contributed by atoms with E-state index >= 15 is 0 Å². The molecule has 0 aromatic carbocycles. The number of aryl methyl sites for hydroxylation is 1. The number of amides is 1. The fourth-order valence-electron chi connectivity index (χ4n) is 2.89. The van der Waals surface area contributed by atoms with Gasteiger partial charge in [0.05, 0.1) is 35.7 Å². The average molecular weight is 367 g/mol. The van der Waals surface area contributed by atoms with Crippen molar-refractivity contribution in [3.63, 3.8) is 0 Å². The number of aromatic nitrogens is 4. The monoisotopic (exact) mass is 367 g/mol. The third kappa shape index (κ3) is 3.33. The zero-order valence-electron chi connectivity index (χ0n) is 14.2. The molecule has 8 heteroatoms. The fraction of sp³-hybridized carbons (Fsp3) is 0.278. The maximum atomic E-state index is 12.8. The topological polar surface area (TPSA) is 81.1 Å². The van der Waals surface area contributed by atoms with Gasteiger partial charge in [0.1, 0.15) is 17.3 Å². The zero-order valence-corrected chi connectivity index (χ0v) is 15.0. The van der Waals surface area contributed by atoms with E-state index < -0.39 is 0 Å². The molecular formula is C18H17N5O2S. The van der Waals surface area contributed by atoms with E-state index in [1.54, 1.807) is 17.9 Å². The summed E-state index contributed by atoms with van der Waals surface area (Å²) in [5, 5.41) is 0. The van der Waals surface area contributed by atoms with Crippen LogP contribution in [0.2, 0.25) is 0 Å². The van der Waals surface area contributed by atoms with Crippen LogP contribution >= 0.6 is 11.3 Å². The third-order valence-electron chi connectivity index (χ3n) is 4.25. The van der Waals surface area contributed by atoms with Crippen LogP contribution < -0.4 is 0 Å². The van der Waals surface area contributed by atoms with Crippen LogP contribution in [0.5, 0.6) is 0 Å². The summed E-state index contributed by atoms with van der Waals surface area (Å²) in [6.45, 7) is 3.38. The fourth-order valence-corrected chi connectivity index (χ4v) is 3.66. The molecule has 3 aromatic heterocycles. The van der Waals surface area contributed by atoms with Crippen LogP contribution in [0.1, 0.15) is 27.2 Å². The van der Waals surface area contributed by atoms with Gasteiger partial charge in [-0.25, -0.2) is 19.9 Å². The second kappa shape index (κ2) is 7.27. The number of thiazole rings is 1. The lowest BCUT2D eigenvalue weighted by Crippen LogP contribution is -2.42. The molecule has 1 aliphatic heterocycles. The summed E-state index contributed by atoms with van der Waals surface area (Å²) in [6, 6.07) is 5.76. The van der Waals surface area contributed by atoms with Crippen LogP contribution in [-0.4, -0.2) is 50.4 Å². The molecule has 1 aliphatic rings. The van der Waals surface area contributed by atoms with Crippen molar-refractivity contribution in [3.05, 3.63) is 58.7 Å². The Morgan fingerprint density at radius 3 is 2.92 bits per heavy atom. The SMILES string of the molecule is Cc1ncsc1C(=O)N1CCOC(c2cccc(-c3cncnc3)n2)C1. The number of nitrogens with zero attached hydrogens (tertiary/aromatic N) is 5. The lowest BCUT2D eigenvalue weighted by atomic mass is 10.1. The summed E-state index contributed by atoms with van der Waals surface area (Å²) in [4.78, 5) is 32.2. The minimum atomic E-state index is -0.259. The van der Waals surface area contributed by atoms with Crippen molar-refractivity contribution in [3.8, 4) is 11.3 Å². The smallest absolute Gasteiger partial charge is 0.266 e. The van der Waals surface area contributed by atoms with Gasteiger partial charge >= 0.3 is 0 Å². The molecule has 0 radical (unpaired) electrons. The van der Waals surface area contributed by atoms with E-state index in [2.05, 4.69) is 19.9 Å². The highest BCUT2D eigenvalue weighted by Gasteiger charge is 2.28. The lowest BCUT2D eigenvalue weighted by Gasteiger charge is -2.32. The molecule has 132 valence electrons. The van der Waals surface area contributed by atoms with Gasteiger partial charge in [-0.15, -0.1) is 11.3 Å². The molecule has 7 nitrogen and oxygen atoms in total. The van der Waals surface area contributed by atoms with Crippen LogP contribution in [0.3, 0.4) is 0 Å². The molecule has 0 spiro atoms. The van der Waals surface area contributed by atoms with Crippen LogP contribution in [0.15, 0.2) is 42.4 Å². The van der Waals surface area contributed by atoms with Crippen LogP contribution in [0.4, 0.5) is 0 Å². The summed E-state index contributed by atoms with van der Waals surface area (Å²) in [5.41, 5.74) is 4.90. The highest BCUT2D eigenvalue weighted by molar-refractivity contribution is 7.11. The number of rotatable bonds is 3. The first-order valence-corrected chi connectivity index (χ1v) is 9.13. The Hall–Kier alpha value is -2.71. The van der Waals surface area contributed by atoms with Gasteiger partial charge in [0, 0.05) is 24.5 Å². The van der Waals surface area contributed by atoms with Crippen molar-refractivity contribution in [2.75, 3.05) is 19.7 Å². The Morgan fingerprint density at radius 2 is 2.15 bits per heavy atom.